The second kappa shape index (κ2) is 6.95. The molecule has 1 N–H and O–H groups in total. The van der Waals surface area contributed by atoms with Gasteiger partial charge in [-0.2, -0.15) is 9.40 Å². The van der Waals surface area contributed by atoms with Crippen LogP contribution in [0.2, 0.25) is 10.0 Å². The van der Waals surface area contributed by atoms with Crippen LogP contribution >= 0.6 is 23.2 Å². The normalized spacial score (nSPS) is 15.5. The van der Waals surface area contributed by atoms with E-state index in [0.717, 1.165) is 12.8 Å². The molecule has 0 radical (unpaired) electrons. The lowest BCUT2D eigenvalue weighted by Gasteiger charge is -2.17. The van der Waals surface area contributed by atoms with Gasteiger partial charge in [-0.25, -0.2) is 8.42 Å². The minimum atomic E-state index is -3.77. The molecule has 0 spiro atoms. The van der Waals surface area contributed by atoms with Gasteiger partial charge in [0.05, 0.1) is 15.6 Å². The van der Waals surface area contributed by atoms with E-state index in [-0.39, 0.29) is 20.5 Å². The monoisotopic (exact) mass is 402 g/mol. The number of hydrogen-bond donors (Lipinski definition) is 1. The number of carbonyl (C=O) groups excluding carboxylic acids is 1. The third kappa shape index (κ3) is 3.67. The van der Waals surface area contributed by atoms with Gasteiger partial charge in [-0.1, -0.05) is 23.2 Å². The van der Waals surface area contributed by atoms with Gasteiger partial charge >= 0.3 is 0 Å². The quantitative estimate of drug-likeness (QED) is 0.851. The van der Waals surface area contributed by atoms with Crippen LogP contribution in [0.3, 0.4) is 0 Å². The molecule has 1 fully saturated rings. The Bertz CT molecular complexity index is 921. The lowest BCUT2D eigenvalue weighted by Crippen LogP contribution is -2.28. The fourth-order valence-corrected chi connectivity index (χ4v) is 4.98. The molecule has 1 amide bonds. The summed E-state index contributed by atoms with van der Waals surface area (Å²) in [6, 6.07) is 4.11. The van der Waals surface area contributed by atoms with Gasteiger partial charge in [0, 0.05) is 32.4 Å². The van der Waals surface area contributed by atoms with Crippen molar-refractivity contribution in [3.05, 3.63) is 40.0 Å². The smallest absolute Gasteiger partial charge is 0.258 e. The van der Waals surface area contributed by atoms with Crippen LogP contribution in [0.5, 0.6) is 0 Å². The van der Waals surface area contributed by atoms with Gasteiger partial charge < -0.3 is 5.32 Å². The topological polar surface area (TPSA) is 84.3 Å². The zero-order chi connectivity index (χ0) is 18.2. The molecule has 7 nitrogen and oxygen atoms in total. The maximum absolute atomic E-state index is 12.8. The van der Waals surface area contributed by atoms with Gasteiger partial charge in [0.1, 0.15) is 4.90 Å². The molecule has 1 saturated heterocycles. The average molecular weight is 403 g/mol. The molecule has 0 atom stereocenters. The molecule has 0 bridgehead atoms. The first-order chi connectivity index (χ1) is 11.8. The minimum absolute atomic E-state index is 0.00807. The van der Waals surface area contributed by atoms with Crippen LogP contribution in [0, 0.1) is 0 Å². The molecule has 3 rings (SSSR count). The average Bonchev–Trinajstić information content (AvgIpc) is 3.19. The van der Waals surface area contributed by atoms with E-state index in [1.54, 1.807) is 19.3 Å². The van der Waals surface area contributed by atoms with E-state index in [0.29, 0.717) is 18.9 Å². The van der Waals surface area contributed by atoms with Gasteiger partial charge in [-0.05, 0) is 25.0 Å². The summed E-state index contributed by atoms with van der Waals surface area (Å²) in [5.41, 5.74) is 0.0227. The first kappa shape index (κ1) is 18.2. The van der Waals surface area contributed by atoms with Crippen molar-refractivity contribution in [2.75, 3.05) is 18.4 Å². The molecule has 1 aromatic heterocycles. The number of amides is 1. The van der Waals surface area contributed by atoms with Crippen molar-refractivity contribution < 1.29 is 13.2 Å². The van der Waals surface area contributed by atoms with E-state index in [9.17, 15) is 13.2 Å². The van der Waals surface area contributed by atoms with E-state index < -0.39 is 15.9 Å². The van der Waals surface area contributed by atoms with Gasteiger partial charge in [-0.15, -0.1) is 0 Å². The third-order valence-electron chi connectivity index (χ3n) is 3.90. The highest BCUT2D eigenvalue weighted by Gasteiger charge is 2.30. The molecule has 0 aliphatic carbocycles. The van der Waals surface area contributed by atoms with Crippen LogP contribution in [0.25, 0.3) is 0 Å². The van der Waals surface area contributed by atoms with E-state index in [1.165, 1.54) is 21.1 Å². The fourth-order valence-electron chi connectivity index (χ4n) is 2.63. The van der Waals surface area contributed by atoms with Crippen molar-refractivity contribution in [3.63, 3.8) is 0 Å². The van der Waals surface area contributed by atoms with Gasteiger partial charge in [0.15, 0.2) is 5.82 Å². The minimum Gasteiger partial charge on any atom is -0.305 e. The molecule has 1 aliphatic heterocycles. The molecule has 10 heteroatoms. The SMILES string of the molecule is Cn1ccc(NC(=O)c2cc(S(=O)(=O)N3CCCC3)c(Cl)cc2Cl)n1. The van der Waals surface area contributed by atoms with Crippen molar-refractivity contribution in [2.45, 2.75) is 17.7 Å². The zero-order valence-electron chi connectivity index (χ0n) is 13.4. The first-order valence-corrected chi connectivity index (χ1v) is 9.79. The number of benzene rings is 1. The lowest BCUT2D eigenvalue weighted by atomic mass is 10.2. The van der Waals surface area contributed by atoms with Crippen molar-refractivity contribution >= 4 is 45.0 Å². The zero-order valence-corrected chi connectivity index (χ0v) is 15.7. The Hall–Kier alpha value is -1.61. The summed E-state index contributed by atoms with van der Waals surface area (Å²) < 4.78 is 28.4. The highest BCUT2D eigenvalue weighted by molar-refractivity contribution is 7.89. The lowest BCUT2D eigenvalue weighted by molar-refractivity contribution is 0.102. The summed E-state index contributed by atoms with van der Waals surface area (Å²) in [5.74, 6) is -0.222. The summed E-state index contributed by atoms with van der Waals surface area (Å²) in [7, 11) is -2.05. The Morgan fingerprint density at radius 2 is 1.88 bits per heavy atom. The standard InChI is InChI=1S/C15H16Cl2N4O3S/c1-20-7-4-14(19-20)18-15(22)10-8-13(12(17)9-11(10)16)25(23,24)21-5-2-3-6-21/h4,7-9H,2-3,5-6H2,1H3,(H,18,19,22). The third-order valence-corrected chi connectivity index (χ3v) is 6.58. The number of aromatic nitrogens is 2. The first-order valence-electron chi connectivity index (χ1n) is 7.59. The Morgan fingerprint density at radius 3 is 2.48 bits per heavy atom. The molecule has 0 saturated carbocycles. The number of hydrogen-bond acceptors (Lipinski definition) is 4. The van der Waals surface area contributed by atoms with E-state index in [2.05, 4.69) is 10.4 Å². The van der Waals surface area contributed by atoms with Gasteiger partial charge in [-0.3, -0.25) is 9.48 Å². The Morgan fingerprint density at radius 1 is 1.20 bits per heavy atom. The van der Waals surface area contributed by atoms with Crippen LogP contribution in [0.1, 0.15) is 23.2 Å². The van der Waals surface area contributed by atoms with E-state index in [1.807, 2.05) is 0 Å². The second-order valence-electron chi connectivity index (χ2n) is 5.70. The molecule has 25 heavy (non-hydrogen) atoms. The number of sulfonamides is 1. The molecular formula is C15H16Cl2N4O3S. The Labute approximate surface area is 155 Å². The Kier molecular flexibility index (Phi) is 5.06. The van der Waals surface area contributed by atoms with Gasteiger partial charge in [0.25, 0.3) is 5.91 Å². The number of anilines is 1. The molecule has 1 aliphatic rings. The largest absolute Gasteiger partial charge is 0.305 e. The number of halogens is 2. The van der Waals surface area contributed by atoms with Crippen LogP contribution in [-0.4, -0.2) is 41.5 Å². The van der Waals surface area contributed by atoms with Crippen molar-refractivity contribution in [3.8, 4) is 0 Å². The number of carbonyl (C=O) groups is 1. The maximum atomic E-state index is 12.8. The van der Waals surface area contributed by atoms with Gasteiger partial charge in [0.2, 0.25) is 10.0 Å². The van der Waals surface area contributed by atoms with Crippen molar-refractivity contribution in [1.29, 1.82) is 0 Å². The van der Waals surface area contributed by atoms with Crippen LogP contribution in [-0.2, 0) is 17.1 Å². The number of nitrogens with one attached hydrogen (secondary N) is 1. The fraction of sp³-hybridized carbons (Fsp3) is 0.333. The number of rotatable bonds is 4. The van der Waals surface area contributed by atoms with Crippen LogP contribution in [0.15, 0.2) is 29.3 Å². The molecule has 2 aromatic rings. The molecule has 2 heterocycles. The van der Waals surface area contributed by atoms with E-state index >= 15 is 0 Å². The highest BCUT2D eigenvalue weighted by Crippen LogP contribution is 2.32. The molecule has 0 unspecified atom stereocenters. The van der Waals surface area contributed by atoms with E-state index in [4.69, 9.17) is 23.2 Å². The summed E-state index contributed by atoms with van der Waals surface area (Å²) in [5, 5.41) is 6.69. The van der Waals surface area contributed by atoms with Crippen LogP contribution in [0.4, 0.5) is 5.82 Å². The highest BCUT2D eigenvalue weighted by atomic mass is 35.5. The summed E-state index contributed by atoms with van der Waals surface area (Å²) >= 11 is 12.2. The predicted molar refractivity (Wildman–Crippen MR) is 95.6 cm³/mol. The summed E-state index contributed by atoms with van der Waals surface area (Å²) in [6.45, 7) is 0.882. The maximum Gasteiger partial charge on any atom is 0.258 e. The molecule has 134 valence electrons. The molecule has 1 aromatic carbocycles. The van der Waals surface area contributed by atoms with Crippen molar-refractivity contribution in [1.82, 2.24) is 14.1 Å². The summed E-state index contributed by atoms with van der Waals surface area (Å²) in [4.78, 5) is 12.3. The number of nitrogens with zero attached hydrogens (tertiary/aromatic N) is 3. The predicted octanol–water partition coefficient (Wildman–Crippen LogP) is 2.76. The molecular weight excluding hydrogens is 387 g/mol. The Balaban J connectivity index is 1.96. The van der Waals surface area contributed by atoms with Crippen molar-refractivity contribution in [2.24, 2.45) is 7.05 Å². The van der Waals surface area contributed by atoms with Crippen LogP contribution < -0.4 is 5.32 Å². The second-order valence-corrected chi connectivity index (χ2v) is 8.42. The number of aryl methyl sites for hydroxylation is 1. The summed E-state index contributed by atoms with van der Waals surface area (Å²) in [6.07, 6.45) is 3.28.